The number of benzene rings is 1. The summed E-state index contributed by atoms with van der Waals surface area (Å²) in [5.74, 6) is 0.956. The first kappa shape index (κ1) is 14.3. The molecule has 0 heterocycles. The van der Waals surface area contributed by atoms with Crippen LogP contribution in [0.15, 0.2) is 18.2 Å². The second-order valence-corrected chi connectivity index (χ2v) is 4.99. The molecule has 0 fully saturated rings. The number of ketones is 1. The van der Waals surface area contributed by atoms with Gasteiger partial charge >= 0.3 is 0 Å². The molecule has 1 aromatic rings. The molecule has 1 rings (SSSR count). The molecule has 0 bridgehead atoms. The van der Waals surface area contributed by atoms with E-state index in [1.54, 1.807) is 18.2 Å². The fourth-order valence-corrected chi connectivity index (χ4v) is 1.77. The molecule has 2 nitrogen and oxygen atoms in total. The molecule has 0 aliphatic carbocycles. The molecule has 1 aromatic carbocycles. The Labute approximate surface area is 112 Å². The van der Waals surface area contributed by atoms with Gasteiger partial charge in [0.05, 0.1) is 11.6 Å². The summed E-state index contributed by atoms with van der Waals surface area (Å²) in [5, 5.41) is 1.07. The van der Waals surface area contributed by atoms with E-state index in [9.17, 15) is 4.79 Å². The monoisotopic (exact) mass is 274 g/mol. The number of carbonyl (C=O) groups is 1. The minimum Gasteiger partial charge on any atom is -0.492 e. The van der Waals surface area contributed by atoms with Gasteiger partial charge in [0.15, 0.2) is 0 Å². The Kier molecular flexibility index (Phi) is 5.79. The molecule has 0 amide bonds. The minimum absolute atomic E-state index is 0.0918. The van der Waals surface area contributed by atoms with Crippen LogP contribution >= 0.6 is 23.2 Å². The predicted octanol–water partition coefficient (Wildman–Crippen LogP) is 4.38. The lowest BCUT2D eigenvalue weighted by atomic mass is 10.1. The van der Waals surface area contributed by atoms with Crippen molar-refractivity contribution < 1.29 is 9.53 Å². The third kappa shape index (κ3) is 4.97. The number of halogens is 2. The van der Waals surface area contributed by atoms with Gasteiger partial charge in [0.2, 0.25) is 0 Å². The maximum atomic E-state index is 11.4. The number of Topliss-reactive ketones (excluding diaryl/α,β-unsaturated/α-hetero) is 1. The number of hydrogen-bond acceptors (Lipinski definition) is 2. The van der Waals surface area contributed by atoms with Crippen LogP contribution < -0.4 is 4.74 Å². The Balaban J connectivity index is 2.34. The van der Waals surface area contributed by atoms with Gasteiger partial charge in [0, 0.05) is 17.4 Å². The van der Waals surface area contributed by atoms with E-state index in [0.717, 1.165) is 0 Å². The summed E-state index contributed by atoms with van der Waals surface area (Å²) in [6.45, 7) is 4.29. The van der Waals surface area contributed by atoms with Crippen molar-refractivity contribution in [2.24, 2.45) is 5.92 Å². The van der Waals surface area contributed by atoms with Crippen LogP contribution in [-0.4, -0.2) is 12.4 Å². The summed E-state index contributed by atoms with van der Waals surface area (Å²) in [4.78, 5) is 11.4. The smallest absolute Gasteiger partial charge is 0.137 e. The summed E-state index contributed by atoms with van der Waals surface area (Å²) in [7, 11) is 0. The molecule has 0 saturated heterocycles. The van der Waals surface area contributed by atoms with Crippen LogP contribution in [0.1, 0.15) is 26.7 Å². The Hall–Kier alpha value is -0.730. The molecule has 4 heteroatoms. The van der Waals surface area contributed by atoms with Gasteiger partial charge < -0.3 is 4.74 Å². The molecule has 94 valence electrons. The van der Waals surface area contributed by atoms with Gasteiger partial charge in [0.25, 0.3) is 0 Å². The van der Waals surface area contributed by atoms with Gasteiger partial charge in [-0.05, 0) is 24.6 Å². The van der Waals surface area contributed by atoms with Gasteiger partial charge in [-0.3, -0.25) is 4.79 Å². The lowest BCUT2D eigenvalue weighted by Gasteiger charge is -2.08. The quantitative estimate of drug-likeness (QED) is 0.720. The van der Waals surface area contributed by atoms with Gasteiger partial charge in [-0.25, -0.2) is 0 Å². The third-order valence-electron chi connectivity index (χ3n) is 2.36. The molecule has 17 heavy (non-hydrogen) atoms. The average Bonchev–Trinajstić information content (AvgIpc) is 2.26. The Morgan fingerprint density at radius 3 is 2.65 bits per heavy atom. The molecule has 0 saturated carbocycles. The van der Waals surface area contributed by atoms with Crippen LogP contribution in [-0.2, 0) is 4.79 Å². The van der Waals surface area contributed by atoms with Crippen LogP contribution in [0.2, 0.25) is 10.0 Å². The second-order valence-electron chi connectivity index (χ2n) is 4.15. The van der Waals surface area contributed by atoms with E-state index in [-0.39, 0.29) is 11.7 Å². The summed E-state index contributed by atoms with van der Waals surface area (Å²) in [5.41, 5.74) is 0. The van der Waals surface area contributed by atoms with Crippen molar-refractivity contribution in [3.8, 4) is 5.75 Å². The van der Waals surface area contributed by atoms with Crippen molar-refractivity contribution in [3.05, 3.63) is 28.2 Å². The van der Waals surface area contributed by atoms with Crippen molar-refractivity contribution in [1.29, 1.82) is 0 Å². The van der Waals surface area contributed by atoms with E-state index in [0.29, 0.717) is 35.2 Å². The highest BCUT2D eigenvalue weighted by molar-refractivity contribution is 6.35. The molecule has 0 atom stereocenters. The molecule has 0 aromatic heterocycles. The van der Waals surface area contributed by atoms with E-state index in [2.05, 4.69) is 0 Å². The SMILES string of the molecule is CC(C)C(=O)CCCOc1ccc(Cl)cc1Cl. The van der Waals surface area contributed by atoms with Crippen LogP contribution in [0, 0.1) is 5.92 Å². The topological polar surface area (TPSA) is 26.3 Å². The molecule has 0 spiro atoms. The Morgan fingerprint density at radius 2 is 2.06 bits per heavy atom. The Bertz CT molecular complexity index is 389. The van der Waals surface area contributed by atoms with E-state index in [1.165, 1.54) is 0 Å². The fourth-order valence-electron chi connectivity index (χ4n) is 1.31. The van der Waals surface area contributed by atoms with Gasteiger partial charge in [0.1, 0.15) is 11.5 Å². The van der Waals surface area contributed by atoms with E-state index in [1.807, 2.05) is 13.8 Å². The van der Waals surface area contributed by atoms with E-state index >= 15 is 0 Å². The first-order valence-corrected chi connectivity index (χ1v) is 6.37. The predicted molar refractivity (Wildman–Crippen MR) is 71.0 cm³/mol. The first-order valence-electron chi connectivity index (χ1n) is 5.61. The molecule has 0 unspecified atom stereocenters. The molecular formula is C13H16Cl2O2. The van der Waals surface area contributed by atoms with Crippen LogP contribution in [0.4, 0.5) is 0 Å². The van der Waals surface area contributed by atoms with Crippen molar-refractivity contribution in [2.75, 3.05) is 6.61 Å². The molecule has 0 aliphatic rings. The fraction of sp³-hybridized carbons (Fsp3) is 0.462. The number of ether oxygens (including phenoxy) is 1. The third-order valence-corrected chi connectivity index (χ3v) is 2.89. The van der Waals surface area contributed by atoms with E-state index in [4.69, 9.17) is 27.9 Å². The summed E-state index contributed by atoms with van der Waals surface area (Å²) < 4.78 is 5.48. The van der Waals surface area contributed by atoms with Crippen molar-refractivity contribution in [1.82, 2.24) is 0 Å². The zero-order valence-electron chi connectivity index (χ0n) is 10.0. The summed E-state index contributed by atoms with van der Waals surface area (Å²) in [6, 6.07) is 5.09. The highest BCUT2D eigenvalue weighted by Crippen LogP contribution is 2.27. The van der Waals surface area contributed by atoms with Gasteiger partial charge in [-0.2, -0.15) is 0 Å². The Morgan fingerprint density at radius 1 is 1.35 bits per heavy atom. The largest absolute Gasteiger partial charge is 0.492 e. The number of rotatable bonds is 6. The molecule has 0 radical (unpaired) electrons. The molecule has 0 aliphatic heterocycles. The zero-order chi connectivity index (χ0) is 12.8. The van der Waals surface area contributed by atoms with Crippen LogP contribution in [0.25, 0.3) is 0 Å². The lowest BCUT2D eigenvalue weighted by molar-refractivity contribution is -0.122. The average molecular weight is 275 g/mol. The van der Waals surface area contributed by atoms with Crippen LogP contribution in [0.5, 0.6) is 5.75 Å². The maximum Gasteiger partial charge on any atom is 0.137 e. The maximum absolute atomic E-state index is 11.4. The summed E-state index contributed by atoms with van der Waals surface area (Å²) >= 11 is 11.7. The highest BCUT2D eigenvalue weighted by atomic mass is 35.5. The molecule has 0 N–H and O–H groups in total. The number of hydrogen-bond donors (Lipinski definition) is 0. The van der Waals surface area contributed by atoms with Gasteiger partial charge in [-0.15, -0.1) is 0 Å². The zero-order valence-corrected chi connectivity index (χ0v) is 11.5. The summed E-state index contributed by atoms with van der Waals surface area (Å²) in [6.07, 6.45) is 1.25. The first-order chi connectivity index (χ1) is 8.00. The van der Waals surface area contributed by atoms with Gasteiger partial charge in [-0.1, -0.05) is 37.0 Å². The second kappa shape index (κ2) is 6.87. The number of carbonyl (C=O) groups excluding carboxylic acids is 1. The highest BCUT2D eigenvalue weighted by Gasteiger charge is 2.07. The van der Waals surface area contributed by atoms with Crippen molar-refractivity contribution >= 4 is 29.0 Å². The normalized spacial score (nSPS) is 10.6. The van der Waals surface area contributed by atoms with Crippen LogP contribution in [0.3, 0.4) is 0 Å². The standard InChI is InChI=1S/C13H16Cl2O2/c1-9(2)12(16)4-3-7-17-13-6-5-10(14)8-11(13)15/h5-6,8-9H,3-4,7H2,1-2H3. The van der Waals surface area contributed by atoms with Crippen molar-refractivity contribution in [2.45, 2.75) is 26.7 Å². The lowest BCUT2D eigenvalue weighted by Crippen LogP contribution is -2.09. The van der Waals surface area contributed by atoms with Crippen molar-refractivity contribution in [3.63, 3.8) is 0 Å². The minimum atomic E-state index is 0.0918. The molecular weight excluding hydrogens is 259 g/mol. The van der Waals surface area contributed by atoms with E-state index < -0.39 is 0 Å².